The van der Waals surface area contributed by atoms with Crippen LogP contribution in [0, 0.1) is 13.8 Å². The molecule has 116 valence electrons. The van der Waals surface area contributed by atoms with Crippen LogP contribution < -0.4 is 15.4 Å². The Morgan fingerprint density at radius 3 is 2.45 bits per heavy atom. The second-order valence-corrected chi connectivity index (χ2v) is 5.32. The van der Waals surface area contributed by atoms with Gasteiger partial charge < -0.3 is 15.4 Å². The standard InChI is InChI=1S/C18H22N2O2/c1-13-8-14(2)10-16(9-13)19-12-18(21)20-11-15-6-4-5-7-17(15)22-3/h4-10,19H,11-12H2,1-3H3,(H,20,21). The smallest absolute Gasteiger partial charge is 0.239 e. The summed E-state index contributed by atoms with van der Waals surface area (Å²) in [6.07, 6.45) is 0. The highest BCUT2D eigenvalue weighted by atomic mass is 16.5. The molecule has 0 saturated carbocycles. The van der Waals surface area contributed by atoms with Gasteiger partial charge in [0, 0.05) is 17.8 Å². The normalized spacial score (nSPS) is 10.1. The molecule has 1 amide bonds. The number of rotatable bonds is 6. The maximum atomic E-state index is 11.9. The number of ether oxygens (including phenoxy) is 1. The molecule has 22 heavy (non-hydrogen) atoms. The first-order valence-electron chi connectivity index (χ1n) is 7.29. The number of hydrogen-bond donors (Lipinski definition) is 2. The van der Waals surface area contributed by atoms with Gasteiger partial charge in [-0.3, -0.25) is 4.79 Å². The summed E-state index contributed by atoms with van der Waals surface area (Å²) in [5, 5.41) is 6.04. The number of aryl methyl sites for hydroxylation is 2. The molecule has 2 N–H and O–H groups in total. The van der Waals surface area contributed by atoms with Gasteiger partial charge in [0.05, 0.1) is 13.7 Å². The number of benzene rings is 2. The number of nitrogens with one attached hydrogen (secondary N) is 2. The van der Waals surface area contributed by atoms with E-state index in [9.17, 15) is 4.79 Å². The summed E-state index contributed by atoms with van der Waals surface area (Å²) in [5.74, 6) is 0.732. The highest BCUT2D eigenvalue weighted by Crippen LogP contribution is 2.16. The van der Waals surface area contributed by atoms with Crippen LogP contribution in [0.3, 0.4) is 0 Å². The molecule has 0 aliphatic heterocycles. The maximum Gasteiger partial charge on any atom is 0.239 e. The van der Waals surface area contributed by atoms with Crippen LogP contribution in [0.4, 0.5) is 5.69 Å². The van der Waals surface area contributed by atoms with Gasteiger partial charge in [-0.05, 0) is 43.2 Å². The van der Waals surface area contributed by atoms with E-state index < -0.39 is 0 Å². The van der Waals surface area contributed by atoms with Gasteiger partial charge in [-0.25, -0.2) is 0 Å². The number of hydrogen-bond acceptors (Lipinski definition) is 3. The van der Waals surface area contributed by atoms with Crippen LogP contribution >= 0.6 is 0 Å². The van der Waals surface area contributed by atoms with Crippen molar-refractivity contribution in [2.75, 3.05) is 19.0 Å². The van der Waals surface area contributed by atoms with Gasteiger partial charge >= 0.3 is 0 Å². The second kappa shape index (κ2) is 7.50. The van der Waals surface area contributed by atoms with E-state index >= 15 is 0 Å². The molecular formula is C18H22N2O2. The van der Waals surface area contributed by atoms with E-state index in [4.69, 9.17) is 4.74 Å². The molecule has 0 radical (unpaired) electrons. The third kappa shape index (κ3) is 4.52. The van der Waals surface area contributed by atoms with Gasteiger partial charge in [0.1, 0.15) is 5.75 Å². The van der Waals surface area contributed by atoms with Crippen molar-refractivity contribution in [3.63, 3.8) is 0 Å². The topological polar surface area (TPSA) is 50.4 Å². The lowest BCUT2D eigenvalue weighted by Crippen LogP contribution is -2.29. The molecular weight excluding hydrogens is 276 g/mol. The summed E-state index contributed by atoms with van der Waals surface area (Å²) in [6, 6.07) is 13.8. The lowest BCUT2D eigenvalue weighted by Gasteiger charge is -2.11. The predicted molar refractivity (Wildman–Crippen MR) is 89.2 cm³/mol. The fourth-order valence-corrected chi connectivity index (χ4v) is 2.36. The maximum absolute atomic E-state index is 11.9. The highest BCUT2D eigenvalue weighted by molar-refractivity contribution is 5.80. The van der Waals surface area contributed by atoms with Crippen LogP contribution in [0.2, 0.25) is 0 Å². The molecule has 2 aromatic rings. The number of methoxy groups -OCH3 is 1. The summed E-state index contributed by atoms with van der Waals surface area (Å²) < 4.78 is 5.27. The average molecular weight is 298 g/mol. The van der Waals surface area contributed by atoms with Gasteiger partial charge in [0.25, 0.3) is 0 Å². The largest absolute Gasteiger partial charge is 0.496 e. The van der Waals surface area contributed by atoms with Crippen molar-refractivity contribution < 1.29 is 9.53 Å². The molecule has 2 rings (SSSR count). The van der Waals surface area contributed by atoms with Crippen LogP contribution in [0.1, 0.15) is 16.7 Å². The molecule has 0 atom stereocenters. The Kier molecular flexibility index (Phi) is 5.42. The number of carbonyl (C=O) groups is 1. The summed E-state index contributed by atoms with van der Waals surface area (Å²) in [5.41, 5.74) is 4.28. The Bertz CT molecular complexity index is 633. The van der Waals surface area contributed by atoms with Gasteiger partial charge in [-0.2, -0.15) is 0 Å². The van der Waals surface area contributed by atoms with E-state index in [0.29, 0.717) is 6.54 Å². The van der Waals surface area contributed by atoms with E-state index in [2.05, 4.69) is 16.7 Å². The zero-order chi connectivity index (χ0) is 15.9. The van der Waals surface area contributed by atoms with Gasteiger partial charge in [-0.15, -0.1) is 0 Å². The van der Waals surface area contributed by atoms with Crippen molar-refractivity contribution in [1.29, 1.82) is 0 Å². The van der Waals surface area contributed by atoms with Crippen molar-refractivity contribution in [1.82, 2.24) is 5.32 Å². The monoisotopic (exact) mass is 298 g/mol. The van der Waals surface area contributed by atoms with Gasteiger partial charge in [0.15, 0.2) is 0 Å². The molecule has 0 fully saturated rings. The summed E-state index contributed by atoms with van der Waals surface area (Å²) in [6.45, 7) is 4.79. The fourth-order valence-electron chi connectivity index (χ4n) is 2.36. The molecule has 0 spiro atoms. The van der Waals surface area contributed by atoms with Crippen molar-refractivity contribution in [2.24, 2.45) is 0 Å². The highest BCUT2D eigenvalue weighted by Gasteiger charge is 2.05. The number of amides is 1. The van der Waals surface area contributed by atoms with Gasteiger partial charge in [0.2, 0.25) is 5.91 Å². The molecule has 0 unspecified atom stereocenters. The Morgan fingerprint density at radius 2 is 1.77 bits per heavy atom. The van der Waals surface area contributed by atoms with Gasteiger partial charge in [-0.1, -0.05) is 24.3 Å². The van der Waals surface area contributed by atoms with E-state index in [1.54, 1.807) is 7.11 Å². The summed E-state index contributed by atoms with van der Waals surface area (Å²) in [7, 11) is 1.63. The molecule has 0 aliphatic carbocycles. The third-order valence-electron chi connectivity index (χ3n) is 3.34. The van der Waals surface area contributed by atoms with E-state index in [-0.39, 0.29) is 12.5 Å². The number of anilines is 1. The second-order valence-electron chi connectivity index (χ2n) is 5.32. The van der Waals surface area contributed by atoms with Crippen molar-refractivity contribution >= 4 is 11.6 Å². The SMILES string of the molecule is COc1ccccc1CNC(=O)CNc1cc(C)cc(C)c1. The minimum absolute atomic E-state index is 0.0509. The van der Waals surface area contributed by atoms with Crippen LogP contribution in [0.15, 0.2) is 42.5 Å². The predicted octanol–water partition coefficient (Wildman–Crippen LogP) is 3.04. The minimum atomic E-state index is -0.0509. The molecule has 4 nitrogen and oxygen atoms in total. The Balaban J connectivity index is 1.85. The molecule has 0 aromatic heterocycles. The first-order chi connectivity index (χ1) is 10.6. The Morgan fingerprint density at radius 1 is 1.09 bits per heavy atom. The lowest BCUT2D eigenvalue weighted by molar-refractivity contribution is -0.119. The van der Waals surface area contributed by atoms with Crippen LogP contribution in [0.25, 0.3) is 0 Å². The van der Waals surface area contributed by atoms with Crippen LogP contribution in [-0.4, -0.2) is 19.6 Å². The average Bonchev–Trinajstić information content (AvgIpc) is 2.50. The fraction of sp³-hybridized carbons (Fsp3) is 0.278. The molecule has 2 aromatic carbocycles. The molecule has 0 saturated heterocycles. The summed E-state index contributed by atoms with van der Waals surface area (Å²) in [4.78, 5) is 11.9. The Labute approximate surface area is 131 Å². The number of para-hydroxylation sites is 1. The first-order valence-corrected chi connectivity index (χ1v) is 7.29. The Hall–Kier alpha value is -2.49. The quantitative estimate of drug-likeness (QED) is 0.862. The third-order valence-corrected chi connectivity index (χ3v) is 3.34. The summed E-state index contributed by atoms with van der Waals surface area (Å²) >= 11 is 0. The zero-order valence-corrected chi connectivity index (χ0v) is 13.3. The minimum Gasteiger partial charge on any atom is -0.496 e. The molecule has 0 bridgehead atoms. The molecule has 0 aliphatic rings. The lowest BCUT2D eigenvalue weighted by atomic mass is 10.1. The van der Waals surface area contributed by atoms with Crippen LogP contribution in [-0.2, 0) is 11.3 Å². The van der Waals surface area contributed by atoms with Crippen molar-refractivity contribution in [3.05, 3.63) is 59.2 Å². The molecule has 0 heterocycles. The van der Waals surface area contributed by atoms with E-state index in [0.717, 1.165) is 17.0 Å². The van der Waals surface area contributed by atoms with E-state index in [1.165, 1.54) is 11.1 Å². The van der Waals surface area contributed by atoms with E-state index in [1.807, 2.05) is 50.2 Å². The zero-order valence-electron chi connectivity index (χ0n) is 13.3. The molecule has 4 heteroatoms. The first kappa shape index (κ1) is 15.9. The van der Waals surface area contributed by atoms with Crippen molar-refractivity contribution in [3.8, 4) is 5.75 Å². The van der Waals surface area contributed by atoms with Crippen LogP contribution in [0.5, 0.6) is 5.75 Å². The van der Waals surface area contributed by atoms with Crippen molar-refractivity contribution in [2.45, 2.75) is 20.4 Å². The number of carbonyl (C=O) groups excluding carboxylic acids is 1.